The first-order chi connectivity index (χ1) is 11.5. The van der Waals surface area contributed by atoms with Gasteiger partial charge >= 0.3 is 0 Å². The maximum Gasteiger partial charge on any atom is 0.261 e. The number of hydrogen-bond donors (Lipinski definition) is 1. The summed E-state index contributed by atoms with van der Waals surface area (Å²) in [7, 11) is 1.62. The lowest BCUT2D eigenvalue weighted by molar-refractivity contribution is -0.128. The van der Waals surface area contributed by atoms with Crippen LogP contribution in [0.15, 0.2) is 48.5 Å². The van der Waals surface area contributed by atoms with Crippen LogP contribution >= 0.6 is 11.6 Å². The zero-order chi connectivity index (χ0) is 17.5. The molecule has 128 valence electrons. The van der Waals surface area contributed by atoms with Crippen LogP contribution in [0.1, 0.15) is 31.9 Å². The Kier molecular flexibility index (Phi) is 6.50. The molecule has 0 spiro atoms. The molecule has 1 amide bonds. The molecule has 1 N–H and O–H groups in total. The second-order valence-corrected chi connectivity index (χ2v) is 5.91. The maximum atomic E-state index is 12.5. The van der Waals surface area contributed by atoms with Gasteiger partial charge in [-0.05, 0) is 49.2 Å². The molecule has 2 atom stereocenters. The van der Waals surface area contributed by atoms with Gasteiger partial charge in [0.25, 0.3) is 5.91 Å². The molecule has 0 heterocycles. The third-order valence-electron chi connectivity index (χ3n) is 3.71. The van der Waals surface area contributed by atoms with Crippen molar-refractivity contribution in [1.29, 1.82) is 0 Å². The molecule has 2 rings (SSSR count). The van der Waals surface area contributed by atoms with E-state index in [1.165, 1.54) is 0 Å². The molecule has 2 aromatic carbocycles. The molecule has 5 heteroatoms. The standard InChI is InChI=1S/C19H22ClNO3/c1-4-18(24-17-7-5-6-15(20)12-17)19(22)21-13(2)14-8-10-16(23-3)11-9-14/h5-13,18H,4H2,1-3H3,(H,21,22). The summed E-state index contributed by atoms with van der Waals surface area (Å²) >= 11 is 5.95. The van der Waals surface area contributed by atoms with Crippen LogP contribution < -0.4 is 14.8 Å². The highest BCUT2D eigenvalue weighted by Crippen LogP contribution is 2.20. The van der Waals surface area contributed by atoms with Gasteiger partial charge in [0.1, 0.15) is 11.5 Å². The van der Waals surface area contributed by atoms with Crippen molar-refractivity contribution in [3.8, 4) is 11.5 Å². The summed E-state index contributed by atoms with van der Waals surface area (Å²) in [4.78, 5) is 12.5. The number of amides is 1. The summed E-state index contributed by atoms with van der Waals surface area (Å²) in [5, 5.41) is 3.56. The van der Waals surface area contributed by atoms with Gasteiger partial charge in [0.05, 0.1) is 13.2 Å². The number of ether oxygens (including phenoxy) is 2. The van der Waals surface area contributed by atoms with E-state index in [1.807, 2.05) is 38.1 Å². The van der Waals surface area contributed by atoms with Gasteiger partial charge in [-0.15, -0.1) is 0 Å². The summed E-state index contributed by atoms with van der Waals surface area (Å²) < 4.78 is 10.9. The summed E-state index contributed by atoms with van der Waals surface area (Å²) in [5.74, 6) is 1.22. The summed E-state index contributed by atoms with van der Waals surface area (Å²) in [5.41, 5.74) is 1.00. The van der Waals surface area contributed by atoms with Crippen LogP contribution in [0.25, 0.3) is 0 Å². The SMILES string of the molecule is CCC(Oc1cccc(Cl)c1)C(=O)NC(C)c1ccc(OC)cc1. The third kappa shape index (κ3) is 4.90. The maximum absolute atomic E-state index is 12.5. The molecule has 0 aromatic heterocycles. The number of benzene rings is 2. The quantitative estimate of drug-likeness (QED) is 0.808. The Morgan fingerprint density at radius 1 is 1.17 bits per heavy atom. The molecule has 0 fully saturated rings. The monoisotopic (exact) mass is 347 g/mol. The number of carbonyl (C=O) groups excluding carboxylic acids is 1. The lowest BCUT2D eigenvalue weighted by Crippen LogP contribution is -2.39. The Bertz CT molecular complexity index is 673. The smallest absolute Gasteiger partial charge is 0.261 e. The number of carbonyl (C=O) groups is 1. The molecule has 2 unspecified atom stereocenters. The predicted octanol–water partition coefficient (Wildman–Crippen LogP) is 4.38. The van der Waals surface area contributed by atoms with Crippen LogP contribution in [0.3, 0.4) is 0 Å². The van der Waals surface area contributed by atoms with Crippen molar-refractivity contribution in [3.63, 3.8) is 0 Å². The Labute approximate surface area is 147 Å². The first kappa shape index (κ1) is 18.1. The highest BCUT2D eigenvalue weighted by molar-refractivity contribution is 6.30. The van der Waals surface area contributed by atoms with Gasteiger partial charge in [0, 0.05) is 5.02 Å². The minimum Gasteiger partial charge on any atom is -0.497 e. The minimum atomic E-state index is -0.566. The van der Waals surface area contributed by atoms with Gasteiger partial charge < -0.3 is 14.8 Å². The van der Waals surface area contributed by atoms with Gasteiger partial charge in [-0.1, -0.05) is 36.7 Å². The van der Waals surface area contributed by atoms with Gasteiger partial charge in [-0.3, -0.25) is 4.79 Å². The third-order valence-corrected chi connectivity index (χ3v) is 3.95. The average molecular weight is 348 g/mol. The van der Waals surface area contributed by atoms with Crippen LogP contribution in [0, 0.1) is 0 Å². The molecule has 4 nitrogen and oxygen atoms in total. The molecule has 2 aromatic rings. The van der Waals surface area contributed by atoms with Crippen molar-refractivity contribution in [2.45, 2.75) is 32.4 Å². The van der Waals surface area contributed by atoms with Gasteiger partial charge in [-0.2, -0.15) is 0 Å². The molecule has 0 saturated carbocycles. The fourth-order valence-corrected chi connectivity index (χ4v) is 2.49. The van der Waals surface area contributed by atoms with Gasteiger partial charge in [0.2, 0.25) is 0 Å². The van der Waals surface area contributed by atoms with Crippen molar-refractivity contribution in [1.82, 2.24) is 5.32 Å². The van der Waals surface area contributed by atoms with Crippen LogP contribution in [0.4, 0.5) is 0 Å². The zero-order valence-corrected chi connectivity index (χ0v) is 14.8. The normalized spacial score (nSPS) is 13.0. The second kappa shape index (κ2) is 8.60. The van der Waals surface area contributed by atoms with Crippen molar-refractivity contribution < 1.29 is 14.3 Å². The second-order valence-electron chi connectivity index (χ2n) is 5.48. The molecule has 0 aliphatic rings. The first-order valence-electron chi connectivity index (χ1n) is 7.90. The fraction of sp³-hybridized carbons (Fsp3) is 0.316. The van der Waals surface area contributed by atoms with E-state index >= 15 is 0 Å². The lowest BCUT2D eigenvalue weighted by atomic mass is 10.1. The first-order valence-corrected chi connectivity index (χ1v) is 8.27. The van der Waals surface area contributed by atoms with E-state index < -0.39 is 6.10 Å². The number of halogens is 1. The molecule has 0 radical (unpaired) electrons. The number of rotatable bonds is 7. The summed E-state index contributed by atoms with van der Waals surface area (Å²) in [6.07, 6.45) is -0.00241. The van der Waals surface area contributed by atoms with Crippen molar-refractivity contribution in [2.75, 3.05) is 7.11 Å². The van der Waals surface area contributed by atoms with E-state index in [4.69, 9.17) is 21.1 Å². The number of nitrogens with one attached hydrogen (secondary N) is 1. The Morgan fingerprint density at radius 3 is 2.46 bits per heavy atom. The van der Waals surface area contributed by atoms with Gasteiger partial charge in [-0.25, -0.2) is 0 Å². The van der Waals surface area contributed by atoms with E-state index in [1.54, 1.807) is 31.4 Å². The predicted molar refractivity (Wildman–Crippen MR) is 95.7 cm³/mol. The molecule has 0 saturated heterocycles. The van der Waals surface area contributed by atoms with Gasteiger partial charge in [0.15, 0.2) is 6.10 Å². The summed E-state index contributed by atoms with van der Waals surface area (Å²) in [6, 6.07) is 14.5. The molecular formula is C19H22ClNO3. The number of hydrogen-bond acceptors (Lipinski definition) is 3. The van der Waals surface area contributed by atoms with E-state index in [0.717, 1.165) is 11.3 Å². The van der Waals surface area contributed by atoms with E-state index in [9.17, 15) is 4.79 Å². The molecule has 0 aliphatic heterocycles. The minimum absolute atomic E-state index is 0.125. The molecule has 24 heavy (non-hydrogen) atoms. The van der Waals surface area contributed by atoms with E-state index in [-0.39, 0.29) is 11.9 Å². The number of methoxy groups -OCH3 is 1. The largest absolute Gasteiger partial charge is 0.497 e. The molecule has 0 bridgehead atoms. The summed E-state index contributed by atoms with van der Waals surface area (Å²) in [6.45, 7) is 3.85. The van der Waals surface area contributed by atoms with E-state index in [0.29, 0.717) is 17.2 Å². The molecule has 0 aliphatic carbocycles. The Hall–Kier alpha value is -2.20. The highest BCUT2D eigenvalue weighted by Gasteiger charge is 2.20. The van der Waals surface area contributed by atoms with E-state index in [2.05, 4.69) is 5.32 Å². The Balaban J connectivity index is 1.99. The zero-order valence-electron chi connectivity index (χ0n) is 14.1. The van der Waals surface area contributed by atoms with Crippen LogP contribution in [0.5, 0.6) is 11.5 Å². The molecular weight excluding hydrogens is 326 g/mol. The lowest BCUT2D eigenvalue weighted by Gasteiger charge is -2.21. The Morgan fingerprint density at radius 2 is 1.88 bits per heavy atom. The fourth-order valence-electron chi connectivity index (χ4n) is 2.31. The highest BCUT2D eigenvalue weighted by atomic mass is 35.5. The van der Waals surface area contributed by atoms with Crippen molar-refractivity contribution in [2.24, 2.45) is 0 Å². The van der Waals surface area contributed by atoms with Crippen LogP contribution in [-0.4, -0.2) is 19.1 Å². The average Bonchev–Trinajstić information content (AvgIpc) is 2.59. The van der Waals surface area contributed by atoms with Crippen molar-refractivity contribution in [3.05, 3.63) is 59.1 Å². The van der Waals surface area contributed by atoms with Crippen LogP contribution in [0.2, 0.25) is 5.02 Å². The van der Waals surface area contributed by atoms with Crippen LogP contribution in [-0.2, 0) is 4.79 Å². The topological polar surface area (TPSA) is 47.6 Å². The van der Waals surface area contributed by atoms with Crippen molar-refractivity contribution >= 4 is 17.5 Å².